The van der Waals surface area contributed by atoms with Crippen LogP contribution in [0.1, 0.15) is 30.0 Å². The fraction of sp³-hybridized carbons (Fsp3) is 0.375. The first kappa shape index (κ1) is 31.2. The number of rotatable bonds is 6. The molecule has 0 spiro atoms. The maximum Gasteiger partial charge on any atom is 0.326 e. The molecule has 0 saturated carbocycles. The second kappa shape index (κ2) is 13.3. The number of anilines is 1. The highest BCUT2D eigenvalue weighted by Gasteiger charge is 2.32. The van der Waals surface area contributed by atoms with Gasteiger partial charge in [0, 0.05) is 69.8 Å². The number of fused-ring (bicyclic) bond motifs is 1. The maximum absolute atomic E-state index is 13.9. The first-order chi connectivity index (χ1) is 21.7. The van der Waals surface area contributed by atoms with E-state index in [1.807, 2.05) is 46.7 Å². The SMILES string of the molecule is Cc1ccc2[nH]c(=O)n(C3CCN(C(=O)N[C@H](Cc4cc(Br)c(O)c(Br)c4)C(=O)N4CCN(c5ccncc5)CC4)CC3)c2c1. The lowest BCUT2D eigenvalue weighted by atomic mass is 10.0. The van der Waals surface area contributed by atoms with Crippen LogP contribution in [0.5, 0.6) is 5.75 Å². The average molecular weight is 741 g/mol. The van der Waals surface area contributed by atoms with Gasteiger partial charge in [-0.2, -0.15) is 0 Å². The lowest BCUT2D eigenvalue weighted by Crippen LogP contribution is -2.57. The number of imidazole rings is 1. The third kappa shape index (κ3) is 6.74. The molecule has 2 aliphatic heterocycles. The number of benzene rings is 2. The highest BCUT2D eigenvalue weighted by molar-refractivity contribution is 9.11. The molecular weight excluding hydrogens is 706 g/mol. The standard InChI is InChI=1S/C32H35Br2N7O4/c1-20-2-3-26-28(16-20)41(32(45)36-26)23-6-10-40(11-7-23)31(44)37-27(19-21-17-24(33)29(42)25(34)18-21)30(43)39-14-12-38(13-15-39)22-4-8-35-9-5-22/h2-5,8-9,16-18,23,27,42H,6-7,10-15,19H2,1H3,(H,36,45)(H,37,44)/t27-/m1/s1. The van der Waals surface area contributed by atoms with Crippen LogP contribution in [0, 0.1) is 6.92 Å². The summed E-state index contributed by atoms with van der Waals surface area (Å²) in [6.45, 7) is 5.33. The van der Waals surface area contributed by atoms with E-state index in [1.54, 1.807) is 29.4 Å². The van der Waals surface area contributed by atoms with E-state index < -0.39 is 6.04 Å². The van der Waals surface area contributed by atoms with Gasteiger partial charge in [-0.3, -0.25) is 14.3 Å². The zero-order valence-electron chi connectivity index (χ0n) is 24.9. The van der Waals surface area contributed by atoms with E-state index in [-0.39, 0.29) is 35.8 Å². The minimum Gasteiger partial charge on any atom is -0.506 e. The van der Waals surface area contributed by atoms with Gasteiger partial charge in [-0.05, 0) is 99.2 Å². The van der Waals surface area contributed by atoms with Crippen LogP contribution >= 0.6 is 31.9 Å². The molecule has 1 atom stereocenters. The molecule has 2 aromatic heterocycles. The molecular formula is C32H35Br2N7O4. The number of phenolic OH excluding ortho intramolecular Hbond substituents is 1. The molecule has 0 radical (unpaired) electrons. The summed E-state index contributed by atoms with van der Waals surface area (Å²) in [5.74, 6) is -0.0705. The molecule has 2 aromatic carbocycles. The second-order valence-corrected chi connectivity index (χ2v) is 13.4. The molecule has 2 aliphatic rings. The number of piperidine rings is 1. The van der Waals surface area contributed by atoms with E-state index >= 15 is 0 Å². The molecule has 3 amide bonds. The number of urea groups is 1. The predicted molar refractivity (Wildman–Crippen MR) is 180 cm³/mol. The van der Waals surface area contributed by atoms with Crippen molar-refractivity contribution in [3.63, 3.8) is 0 Å². The van der Waals surface area contributed by atoms with Crippen molar-refractivity contribution in [3.8, 4) is 5.75 Å². The molecule has 4 aromatic rings. The number of pyridine rings is 1. The van der Waals surface area contributed by atoms with Crippen LogP contribution in [0.3, 0.4) is 0 Å². The number of carbonyl (C=O) groups excluding carboxylic acids is 2. The Morgan fingerprint density at radius 2 is 1.64 bits per heavy atom. The van der Waals surface area contributed by atoms with E-state index in [0.29, 0.717) is 61.1 Å². The van der Waals surface area contributed by atoms with Crippen molar-refractivity contribution in [3.05, 3.63) is 85.4 Å². The number of nitrogens with one attached hydrogen (secondary N) is 2. The highest BCUT2D eigenvalue weighted by Crippen LogP contribution is 2.34. The van der Waals surface area contributed by atoms with Crippen molar-refractivity contribution in [2.24, 2.45) is 0 Å². The summed E-state index contributed by atoms with van der Waals surface area (Å²) < 4.78 is 2.82. The van der Waals surface area contributed by atoms with Gasteiger partial charge in [0.15, 0.2) is 0 Å². The fourth-order valence-electron chi connectivity index (χ4n) is 6.29. The highest BCUT2D eigenvalue weighted by atomic mass is 79.9. The van der Waals surface area contributed by atoms with E-state index in [9.17, 15) is 19.5 Å². The summed E-state index contributed by atoms with van der Waals surface area (Å²) in [4.78, 5) is 53.2. The third-order valence-electron chi connectivity index (χ3n) is 8.72. The molecule has 3 N–H and O–H groups in total. The molecule has 45 heavy (non-hydrogen) atoms. The number of nitrogens with zero attached hydrogens (tertiary/aromatic N) is 5. The number of aromatic amines is 1. The molecule has 4 heterocycles. The zero-order chi connectivity index (χ0) is 31.7. The molecule has 2 fully saturated rings. The first-order valence-electron chi connectivity index (χ1n) is 15.0. The van der Waals surface area contributed by atoms with Gasteiger partial charge in [0.25, 0.3) is 0 Å². The van der Waals surface area contributed by atoms with Crippen LogP contribution < -0.4 is 15.9 Å². The van der Waals surface area contributed by atoms with Crippen LogP contribution in [0.25, 0.3) is 11.0 Å². The number of likely N-dealkylation sites (tertiary alicyclic amines) is 1. The van der Waals surface area contributed by atoms with Crippen LogP contribution in [-0.2, 0) is 11.2 Å². The number of aryl methyl sites for hydroxylation is 1. The quantitative estimate of drug-likeness (QED) is 0.266. The molecule has 236 valence electrons. The first-order valence-corrected chi connectivity index (χ1v) is 16.6. The van der Waals surface area contributed by atoms with Crippen molar-refractivity contribution in [1.29, 1.82) is 0 Å². The summed E-state index contributed by atoms with van der Waals surface area (Å²) in [6, 6.07) is 12.2. The predicted octanol–water partition coefficient (Wildman–Crippen LogP) is 4.57. The van der Waals surface area contributed by atoms with Crippen molar-refractivity contribution in [1.82, 2.24) is 29.7 Å². The van der Waals surface area contributed by atoms with E-state index in [2.05, 4.69) is 52.0 Å². The van der Waals surface area contributed by atoms with Crippen molar-refractivity contribution in [2.45, 2.75) is 38.3 Å². The van der Waals surface area contributed by atoms with Crippen LogP contribution in [0.2, 0.25) is 0 Å². The van der Waals surface area contributed by atoms with Crippen molar-refractivity contribution >= 4 is 60.5 Å². The van der Waals surface area contributed by atoms with Crippen LogP contribution in [-0.4, -0.2) is 86.7 Å². The number of halogens is 2. The van der Waals surface area contributed by atoms with E-state index in [0.717, 1.165) is 27.8 Å². The Hall–Kier alpha value is -3.84. The van der Waals surface area contributed by atoms with Crippen molar-refractivity contribution in [2.75, 3.05) is 44.2 Å². The maximum atomic E-state index is 13.9. The molecule has 2 saturated heterocycles. The topological polar surface area (TPSA) is 127 Å². The number of aromatic hydroxyl groups is 1. The Bertz CT molecular complexity index is 1740. The number of hydrogen-bond donors (Lipinski definition) is 3. The Balaban J connectivity index is 1.15. The van der Waals surface area contributed by atoms with Gasteiger partial charge in [-0.15, -0.1) is 0 Å². The van der Waals surface area contributed by atoms with E-state index in [1.165, 1.54) is 0 Å². The number of piperazine rings is 1. The summed E-state index contributed by atoms with van der Waals surface area (Å²) in [5, 5.41) is 13.2. The van der Waals surface area contributed by atoms with Gasteiger partial charge in [-0.1, -0.05) is 6.07 Å². The van der Waals surface area contributed by atoms with E-state index in [4.69, 9.17) is 0 Å². The largest absolute Gasteiger partial charge is 0.506 e. The Morgan fingerprint density at radius 1 is 0.978 bits per heavy atom. The summed E-state index contributed by atoms with van der Waals surface area (Å²) in [7, 11) is 0. The average Bonchev–Trinajstić information content (AvgIpc) is 3.38. The number of aromatic nitrogens is 3. The number of carbonyl (C=O) groups is 2. The second-order valence-electron chi connectivity index (χ2n) is 11.7. The Kier molecular flexibility index (Phi) is 9.18. The zero-order valence-corrected chi connectivity index (χ0v) is 28.1. The normalized spacial score (nSPS) is 16.6. The minimum absolute atomic E-state index is 0.0297. The number of amides is 3. The molecule has 11 nitrogen and oxygen atoms in total. The van der Waals surface area contributed by atoms with Gasteiger partial charge in [0.05, 0.1) is 20.0 Å². The lowest BCUT2D eigenvalue weighted by molar-refractivity contribution is -0.133. The van der Waals surface area contributed by atoms with Crippen LogP contribution in [0.4, 0.5) is 10.5 Å². The molecule has 0 bridgehead atoms. The number of H-pyrrole nitrogens is 1. The van der Waals surface area contributed by atoms with Gasteiger partial charge in [0.1, 0.15) is 11.8 Å². The minimum atomic E-state index is -0.801. The van der Waals surface area contributed by atoms with Gasteiger partial charge in [0.2, 0.25) is 5.91 Å². The Labute approximate surface area is 277 Å². The van der Waals surface area contributed by atoms with Gasteiger partial charge >= 0.3 is 11.7 Å². The Morgan fingerprint density at radius 3 is 2.31 bits per heavy atom. The molecule has 0 aliphatic carbocycles. The van der Waals surface area contributed by atoms with Gasteiger partial charge < -0.3 is 30.1 Å². The summed E-state index contributed by atoms with van der Waals surface area (Å²) >= 11 is 6.76. The van der Waals surface area contributed by atoms with Crippen molar-refractivity contribution < 1.29 is 14.7 Å². The summed E-state index contributed by atoms with van der Waals surface area (Å²) in [5.41, 5.74) is 4.47. The smallest absolute Gasteiger partial charge is 0.326 e. The number of phenols is 1. The third-order valence-corrected chi connectivity index (χ3v) is 9.93. The summed E-state index contributed by atoms with van der Waals surface area (Å²) in [6.07, 6.45) is 5.03. The lowest BCUT2D eigenvalue weighted by Gasteiger charge is -2.38. The number of hydrogen-bond acceptors (Lipinski definition) is 6. The molecule has 0 unspecified atom stereocenters. The fourth-order valence-corrected chi connectivity index (χ4v) is 7.57. The molecule has 6 rings (SSSR count). The van der Waals surface area contributed by atoms with Gasteiger partial charge in [-0.25, -0.2) is 9.59 Å². The molecule has 13 heteroatoms. The monoisotopic (exact) mass is 739 g/mol. The van der Waals surface area contributed by atoms with Crippen LogP contribution in [0.15, 0.2) is 68.6 Å².